The van der Waals surface area contributed by atoms with Gasteiger partial charge >= 0.3 is 5.69 Å². The lowest BCUT2D eigenvalue weighted by atomic mass is 10.0. The van der Waals surface area contributed by atoms with E-state index in [9.17, 15) is 15.2 Å². The summed E-state index contributed by atoms with van der Waals surface area (Å²) < 4.78 is 0. The summed E-state index contributed by atoms with van der Waals surface area (Å²) in [7, 11) is 0. The third-order valence-corrected chi connectivity index (χ3v) is 3.28. The Bertz CT molecular complexity index is 643. The molecule has 6 heteroatoms. The van der Waals surface area contributed by atoms with Crippen molar-refractivity contribution >= 4 is 22.3 Å². The molecule has 2 aromatic rings. The zero-order valence-electron chi connectivity index (χ0n) is 12.1. The van der Waals surface area contributed by atoms with E-state index in [1.807, 2.05) is 26.0 Å². The molecule has 6 nitrogen and oxygen atoms in total. The van der Waals surface area contributed by atoms with Gasteiger partial charge in [-0.15, -0.1) is 0 Å². The highest BCUT2D eigenvalue weighted by atomic mass is 16.6. The van der Waals surface area contributed by atoms with Crippen LogP contribution >= 0.6 is 0 Å². The lowest BCUT2D eigenvalue weighted by molar-refractivity contribution is -0.384. The van der Waals surface area contributed by atoms with E-state index in [2.05, 4.69) is 10.3 Å². The van der Waals surface area contributed by atoms with Crippen molar-refractivity contribution in [1.29, 1.82) is 0 Å². The maximum absolute atomic E-state index is 11.2. The van der Waals surface area contributed by atoms with Crippen molar-refractivity contribution < 1.29 is 10.0 Å². The highest BCUT2D eigenvalue weighted by molar-refractivity contribution is 5.95. The molecule has 0 aliphatic heterocycles. The van der Waals surface area contributed by atoms with Crippen LogP contribution in [0.1, 0.15) is 20.3 Å². The summed E-state index contributed by atoms with van der Waals surface area (Å²) in [6.45, 7) is 4.01. The minimum Gasteiger partial charge on any atom is -0.394 e. The number of nitrogens with one attached hydrogen (secondary N) is 1. The van der Waals surface area contributed by atoms with Crippen molar-refractivity contribution in [1.82, 2.24) is 4.98 Å². The van der Waals surface area contributed by atoms with E-state index in [-0.39, 0.29) is 18.3 Å². The van der Waals surface area contributed by atoms with Gasteiger partial charge in [0, 0.05) is 11.4 Å². The predicted octanol–water partition coefficient (Wildman–Crippen LogP) is 2.96. The second kappa shape index (κ2) is 6.49. The Balaban J connectivity index is 2.48. The number of benzene rings is 1. The summed E-state index contributed by atoms with van der Waals surface area (Å²) in [6.07, 6.45) is 1.98. The molecule has 0 aliphatic rings. The maximum atomic E-state index is 11.2. The number of aliphatic hydroxyl groups is 1. The van der Waals surface area contributed by atoms with Gasteiger partial charge in [-0.2, -0.15) is 0 Å². The Hall–Kier alpha value is -2.21. The lowest BCUT2D eigenvalue weighted by Crippen LogP contribution is -2.26. The fourth-order valence-corrected chi connectivity index (χ4v) is 2.37. The SMILES string of the molecule is CC(C)CC(CO)Nc1c([N+](=O)[O-])cnc2ccccc12. The van der Waals surface area contributed by atoms with Crippen LogP contribution in [0.5, 0.6) is 0 Å². The topological polar surface area (TPSA) is 88.3 Å². The Kier molecular flexibility index (Phi) is 4.70. The van der Waals surface area contributed by atoms with Gasteiger partial charge < -0.3 is 10.4 Å². The molecule has 0 saturated carbocycles. The van der Waals surface area contributed by atoms with Crippen molar-refractivity contribution in [3.63, 3.8) is 0 Å². The summed E-state index contributed by atoms with van der Waals surface area (Å²) in [6, 6.07) is 7.02. The summed E-state index contributed by atoms with van der Waals surface area (Å²) in [5.74, 6) is 0.377. The van der Waals surface area contributed by atoms with E-state index in [0.717, 1.165) is 6.42 Å². The van der Waals surface area contributed by atoms with Crippen LogP contribution in [-0.4, -0.2) is 27.7 Å². The number of nitro groups is 1. The van der Waals surface area contributed by atoms with Crippen molar-refractivity contribution in [2.24, 2.45) is 5.92 Å². The van der Waals surface area contributed by atoms with Gasteiger partial charge in [-0.1, -0.05) is 32.0 Å². The fourth-order valence-electron chi connectivity index (χ4n) is 2.37. The summed E-state index contributed by atoms with van der Waals surface area (Å²) in [5, 5.41) is 24.5. The monoisotopic (exact) mass is 289 g/mol. The van der Waals surface area contributed by atoms with Gasteiger partial charge in [0.1, 0.15) is 11.9 Å². The number of rotatable bonds is 6. The largest absolute Gasteiger partial charge is 0.394 e. The Labute approximate surface area is 123 Å². The molecular weight excluding hydrogens is 270 g/mol. The van der Waals surface area contributed by atoms with Gasteiger partial charge in [0.05, 0.1) is 17.0 Å². The average molecular weight is 289 g/mol. The van der Waals surface area contributed by atoms with Crippen molar-refractivity contribution in [3.05, 3.63) is 40.6 Å². The number of hydrogen-bond donors (Lipinski definition) is 2. The fraction of sp³-hybridized carbons (Fsp3) is 0.400. The van der Waals surface area contributed by atoms with Crippen LogP contribution in [-0.2, 0) is 0 Å². The first-order chi connectivity index (χ1) is 10.0. The van der Waals surface area contributed by atoms with Crippen LogP contribution in [0.15, 0.2) is 30.5 Å². The zero-order chi connectivity index (χ0) is 15.4. The number of para-hydroxylation sites is 1. The molecule has 0 aliphatic carbocycles. The van der Waals surface area contributed by atoms with Crippen LogP contribution in [0.2, 0.25) is 0 Å². The normalized spacial score (nSPS) is 12.6. The van der Waals surface area contributed by atoms with Crippen LogP contribution in [0.3, 0.4) is 0 Å². The van der Waals surface area contributed by atoms with Crippen LogP contribution in [0.4, 0.5) is 11.4 Å². The van der Waals surface area contributed by atoms with Gasteiger partial charge in [-0.05, 0) is 18.4 Å². The highest BCUT2D eigenvalue weighted by Crippen LogP contribution is 2.32. The number of aliphatic hydroxyl groups excluding tert-OH is 1. The summed E-state index contributed by atoms with van der Waals surface area (Å²) >= 11 is 0. The van der Waals surface area contributed by atoms with Crippen molar-refractivity contribution in [2.75, 3.05) is 11.9 Å². The smallest absolute Gasteiger partial charge is 0.311 e. The molecule has 21 heavy (non-hydrogen) atoms. The van der Waals surface area contributed by atoms with E-state index in [4.69, 9.17) is 0 Å². The first-order valence-electron chi connectivity index (χ1n) is 6.92. The lowest BCUT2D eigenvalue weighted by Gasteiger charge is -2.20. The molecule has 0 saturated heterocycles. The van der Waals surface area contributed by atoms with E-state index in [1.54, 1.807) is 12.1 Å². The minimum atomic E-state index is -0.453. The number of pyridine rings is 1. The van der Waals surface area contributed by atoms with Gasteiger partial charge in [0.25, 0.3) is 0 Å². The van der Waals surface area contributed by atoms with Crippen molar-refractivity contribution in [3.8, 4) is 0 Å². The zero-order valence-corrected chi connectivity index (χ0v) is 12.1. The van der Waals surface area contributed by atoms with Gasteiger partial charge in [0.2, 0.25) is 0 Å². The molecule has 1 heterocycles. The number of aromatic nitrogens is 1. The average Bonchev–Trinajstić information content (AvgIpc) is 2.45. The second-order valence-electron chi connectivity index (χ2n) is 5.45. The summed E-state index contributed by atoms with van der Waals surface area (Å²) in [4.78, 5) is 14.9. The molecule has 1 aromatic heterocycles. The molecule has 0 amide bonds. The predicted molar refractivity (Wildman–Crippen MR) is 82.3 cm³/mol. The Morgan fingerprint density at radius 2 is 2.10 bits per heavy atom. The molecule has 1 atom stereocenters. The van der Waals surface area contributed by atoms with Crippen LogP contribution in [0, 0.1) is 16.0 Å². The summed E-state index contributed by atoms with van der Waals surface area (Å²) in [5.41, 5.74) is 1.04. The van der Waals surface area contributed by atoms with E-state index >= 15 is 0 Å². The highest BCUT2D eigenvalue weighted by Gasteiger charge is 2.21. The van der Waals surface area contributed by atoms with E-state index in [0.29, 0.717) is 22.5 Å². The van der Waals surface area contributed by atoms with E-state index in [1.165, 1.54) is 6.20 Å². The van der Waals surface area contributed by atoms with Crippen LogP contribution < -0.4 is 5.32 Å². The number of anilines is 1. The molecule has 0 spiro atoms. The molecule has 0 fully saturated rings. The molecule has 1 unspecified atom stereocenters. The molecule has 0 radical (unpaired) electrons. The molecular formula is C15H19N3O3. The Morgan fingerprint density at radius 1 is 1.38 bits per heavy atom. The third-order valence-electron chi connectivity index (χ3n) is 3.28. The van der Waals surface area contributed by atoms with Crippen molar-refractivity contribution in [2.45, 2.75) is 26.3 Å². The number of nitrogens with zero attached hydrogens (tertiary/aromatic N) is 2. The molecule has 2 rings (SSSR count). The number of hydrogen-bond acceptors (Lipinski definition) is 5. The minimum absolute atomic E-state index is 0.0732. The standard InChI is InChI=1S/C15H19N3O3/c1-10(2)7-11(9-19)17-15-12-5-3-4-6-13(12)16-8-14(15)18(20)21/h3-6,8,10-11,19H,7,9H2,1-2H3,(H,16,17). The molecule has 112 valence electrons. The van der Waals surface area contributed by atoms with E-state index < -0.39 is 4.92 Å². The third kappa shape index (κ3) is 3.46. The maximum Gasteiger partial charge on any atom is 0.311 e. The second-order valence-corrected chi connectivity index (χ2v) is 5.45. The van der Waals surface area contributed by atoms with Gasteiger partial charge in [-0.3, -0.25) is 10.1 Å². The molecule has 2 N–H and O–H groups in total. The first kappa shape index (κ1) is 15.2. The van der Waals surface area contributed by atoms with Gasteiger partial charge in [-0.25, -0.2) is 4.98 Å². The van der Waals surface area contributed by atoms with Crippen LogP contribution in [0.25, 0.3) is 10.9 Å². The number of fused-ring (bicyclic) bond motifs is 1. The quantitative estimate of drug-likeness (QED) is 0.630. The Morgan fingerprint density at radius 3 is 2.71 bits per heavy atom. The molecule has 1 aromatic carbocycles. The van der Waals surface area contributed by atoms with Gasteiger partial charge in [0.15, 0.2) is 0 Å². The molecule has 0 bridgehead atoms. The first-order valence-corrected chi connectivity index (χ1v) is 6.92.